The minimum atomic E-state index is 0.596. The van der Waals surface area contributed by atoms with Crippen molar-refractivity contribution in [2.45, 2.75) is 6.92 Å². The minimum absolute atomic E-state index is 0.596. The van der Waals surface area contributed by atoms with Crippen molar-refractivity contribution in [1.82, 2.24) is 14.8 Å². The second-order valence-electron chi connectivity index (χ2n) is 2.92. The highest BCUT2D eigenvalue weighted by Crippen LogP contribution is 2.26. The van der Waals surface area contributed by atoms with Crippen molar-refractivity contribution < 1.29 is 4.74 Å². The lowest BCUT2D eigenvalue weighted by molar-refractivity contribution is 0.325. The van der Waals surface area contributed by atoms with Gasteiger partial charge >= 0.3 is 0 Å². The minimum Gasteiger partial charge on any atom is -0.477 e. The van der Waals surface area contributed by atoms with E-state index in [4.69, 9.17) is 4.74 Å². The predicted octanol–water partition coefficient (Wildman–Crippen LogP) is 2.13. The first-order valence-corrected chi connectivity index (χ1v) is 5.12. The summed E-state index contributed by atoms with van der Waals surface area (Å²) in [6, 6.07) is 1.96. The fraction of sp³-hybridized carbons (Fsp3) is 0.333. The zero-order valence-corrected chi connectivity index (χ0v) is 9.58. The fourth-order valence-corrected chi connectivity index (χ4v) is 1.72. The highest BCUT2D eigenvalue weighted by molar-refractivity contribution is 9.10. The summed E-state index contributed by atoms with van der Waals surface area (Å²) in [5, 5.41) is 5.20. The first-order chi connectivity index (χ1) is 6.70. The Morgan fingerprint density at radius 3 is 3.07 bits per heavy atom. The van der Waals surface area contributed by atoms with Crippen LogP contribution >= 0.6 is 15.9 Å². The molecule has 0 aliphatic rings. The summed E-state index contributed by atoms with van der Waals surface area (Å²) in [7, 11) is 1.87. The van der Waals surface area contributed by atoms with Gasteiger partial charge < -0.3 is 4.74 Å². The number of nitrogens with zero attached hydrogens (tertiary/aromatic N) is 3. The number of halogens is 1. The van der Waals surface area contributed by atoms with E-state index in [9.17, 15) is 0 Å². The molecule has 0 aliphatic carbocycles. The maximum absolute atomic E-state index is 5.35. The number of hydrogen-bond acceptors (Lipinski definition) is 3. The summed E-state index contributed by atoms with van der Waals surface area (Å²) >= 11 is 3.40. The lowest BCUT2D eigenvalue weighted by Crippen LogP contribution is -1.95. The Bertz CT molecular complexity index is 466. The average Bonchev–Trinajstić information content (AvgIpc) is 2.45. The van der Waals surface area contributed by atoms with Gasteiger partial charge in [0.1, 0.15) is 0 Å². The van der Waals surface area contributed by atoms with Gasteiger partial charge in [0, 0.05) is 18.6 Å². The van der Waals surface area contributed by atoms with Crippen LogP contribution in [-0.2, 0) is 7.05 Å². The molecule has 2 aromatic heterocycles. The first kappa shape index (κ1) is 9.45. The molecule has 2 heterocycles. The van der Waals surface area contributed by atoms with Crippen LogP contribution in [0.4, 0.5) is 0 Å². The third kappa shape index (κ3) is 1.59. The van der Waals surface area contributed by atoms with Crippen LogP contribution in [0.15, 0.2) is 16.7 Å². The molecule has 0 fully saturated rings. The molecule has 0 spiro atoms. The van der Waals surface area contributed by atoms with Gasteiger partial charge in [0.05, 0.1) is 11.1 Å². The topological polar surface area (TPSA) is 39.9 Å². The van der Waals surface area contributed by atoms with Gasteiger partial charge in [-0.3, -0.25) is 4.68 Å². The van der Waals surface area contributed by atoms with Crippen molar-refractivity contribution in [2.75, 3.05) is 6.61 Å². The molecule has 2 aromatic rings. The Labute approximate surface area is 90.0 Å². The van der Waals surface area contributed by atoms with Gasteiger partial charge in [0.2, 0.25) is 5.88 Å². The molecule has 0 atom stereocenters. The van der Waals surface area contributed by atoms with E-state index in [1.165, 1.54) is 0 Å². The molecule has 0 bridgehead atoms. The van der Waals surface area contributed by atoms with E-state index < -0.39 is 0 Å². The zero-order valence-electron chi connectivity index (χ0n) is 7.99. The SMILES string of the molecule is CCOc1nc2nn(C)cc2cc1Br. The number of ether oxygens (including phenoxy) is 1. The van der Waals surface area contributed by atoms with Crippen molar-refractivity contribution in [3.63, 3.8) is 0 Å². The van der Waals surface area contributed by atoms with E-state index in [0.717, 1.165) is 9.86 Å². The Morgan fingerprint density at radius 1 is 1.57 bits per heavy atom. The summed E-state index contributed by atoms with van der Waals surface area (Å²) in [5.74, 6) is 0.596. The highest BCUT2D eigenvalue weighted by atomic mass is 79.9. The van der Waals surface area contributed by atoms with Crippen LogP contribution in [0.2, 0.25) is 0 Å². The van der Waals surface area contributed by atoms with Crippen LogP contribution < -0.4 is 4.74 Å². The zero-order chi connectivity index (χ0) is 10.1. The third-order valence-electron chi connectivity index (χ3n) is 1.81. The van der Waals surface area contributed by atoms with Crippen LogP contribution in [-0.4, -0.2) is 21.4 Å². The van der Waals surface area contributed by atoms with E-state index in [2.05, 4.69) is 26.0 Å². The number of aryl methyl sites for hydroxylation is 1. The standard InChI is InChI=1S/C9H10BrN3O/c1-3-14-9-7(10)4-6-5-13(2)12-8(6)11-9/h4-5H,3H2,1-2H3. The molecule has 0 aliphatic heterocycles. The van der Waals surface area contributed by atoms with Crippen LogP contribution in [0, 0.1) is 0 Å². The van der Waals surface area contributed by atoms with Crippen LogP contribution in [0.5, 0.6) is 5.88 Å². The van der Waals surface area contributed by atoms with Crippen molar-refractivity contribution in [3.8, 4) is 5.88 Å². The van der Waals surface area contributed by atoms with Crippen molar-refractivity contribution in [3.05, 3.63) is 16.7 Å². The van der Waals surface area contributed by atoms with E-state index in [1.54, 1.807) is 4.68 Å². The highest BCUT2D eigenvalue weighted by Gasteiger charge is 2.07. The molecule has 74 valence electrons. The third-order valence-corrected chi connectivity index (χ3v) is 2.38. The monoisotopic (exact) mass is 255 g/mol. The lowest BCUT2D eigenvalue weighted by Gasteiger charge is -2.02. The molecule has 0 unspecified atom stereocenters. The molecule has 0 saturated carbocycles. The van der Waals surface area contributed by atoms with Crippen molar-refractivity contribution in [1.29, 1.82) is 0 Å². The van der Waals surface area contributed by atoms with Crippen molar-refractivity contribution in [2.24, 2.45) is 7.05 Å². The molecule has 2 rings (SSSR count). The van der Waals surface area contributed by atoms with E-state index in [-0.39, 0.29) is 0 Å². The molecule has 0 aromatic carbocycles. The summed E-state index contributed by atoms with van der Waals surface area (Å²) < 4.78 is 7.94. The molecule has 0 saturated heterocycles. The second kappa shape index (κ2) is 3.57. The molecule has 0 radical (unpaired) electrons. The first-order valence-electron chi connectivity index (χ1n) is 4.33. The number of aromatic nitrogens is 3. The van der Waals surface area contributed by atoms with Gasteiger partial charge in [-0.1, -0.05) is 0 Å². The van der Waals surface area contributed by atoms with E-state index in [1.807, 2.05) is 26.2 Å². The quantitative estimate of drug-likeness (QED) is 0.826. The Kier molecular flexibility index (Phi) is 2.41. The number of hydrogen-bond donors (Lipinski definition) is 0. The van der Waals surface area contributed by atoms with Gasteiger partial charge in [-0.15, -0.1) is 0 Å². The van der Waals surface area contributed by atoms with Gasteiger partial charge in [-0.2, -0.15) is 10.1 Å². The van der Waals surface area contributed by atoms with E-state index in [0.29, 0.717) is 18.1 Å². The second-order valence-corrected chi connectivity index (χ2v) is 3.78. The normalized spacial score (nSPS) is 10.8. The summed E-state index contributed by atoms with van der Waals surface area (Å²) in [6.45, 7) is 2.53. The number of rotatable bonds is 2. The molecular formula is C9H10BrN3O. The average molecular weight is 256 g/mol. The van der Waals surface area contributed by atoms with Gasteiger partial charge in [-0.25, -0.2) is 0 Å². The van der Waals surface area contributed by atoms with E-state index >= 15 is 0 Å². The molecule has 0 N–H and O–H groups in total. The predicted molar refractivity (Wildman–Crippen MR) is 57.4 cm³/mol. The maximum Gasteiger partial charge on any atom is 0.230 e. The smallest absolute Gasteiger partial charge is 0.230 e. The summed E-state index contributed by atoms with van der Waals surface area (Å²) in [5.41, 5.74) is 0.708. The molecular weight excluding hydrogens is 246 g/mol. The van der Waals surface area contributed by atoms with Crippen LogP contribution in [0.3, 0.4) is 0 Å². The molecule has 14 heavy (non-hydrogen) atoms. The largest absolute Gasteiger partial charge is 0.477 e. The Balaban J connectivity index is 2.58. The number of pyridine rings is 1. The number of fused-ring (bicyclic) bond motifs is 1. The van der Waals surface area contributed by atoms with Gasteiger partial charge in [0.15, 0.2) is 5.65 Å². The lowest BCUT2D eigenvalue weighted by atomic mass is 10.3. The van der Waals surface area contributed by atoms with Crippen molar-refractivity contribution >= 4 is 27.0 Å². The molecule has 0 amide bonds. The van der Waals surface area contributed by atoms with Crippen LogP contribution in [0.1, 0.15) is 6.92 Å². The Morgan fingerprint density at radius 2 is 2.36 bits per heavy atom. The van der Waals surface area contributed by atoms with Crippen LogP contribution in [0.25, 0.3) is 11.0 Å². The Hall–Kier alpha value is -1.10. The summed E-state index contributed by atoms with van der Waals surface area (Å²) in [4.78, 5) is 4.28. The molecule has 4 nitrogen and oxygen atoms in total. The summed E-state index contributed by atoms with van der Waals surface area (Å²) in [6.07, 6.45) is 1.92. The van der Waals surface area contributed by atoms with Gasteiger partial charge in [0.25, 0.3) is 0 Å². The fourth-order valence-electron chi connectivity index (χ4n) is 1.27. The maximum atomic E-state index is 5.35. The van der Waals surface area contributed by atoms with Gasteiger partial charge in [-0.05, 0) is 28.9 Å². The molecule has 5 heteroatoms.